The van der Waals surface area contributed by atoms with Crippen molar-refractivity contribution in [2.75, 3.05) is 26.6 Å². The lowest BCUT2D eigenvalue weighted by atomic mass is 10.1. The summed E-state index contributed by atoms with van der Waals surface area (Å²) in [5.41, 5.74) is 1.08. The summed E-state index contributed by atoms with van der Waals surface area (Å²) in [4.78, 5) is 0.171. The topological polar surface area (TPSA) is 83.1 Å². The zero-order chi connectivity index (χ0) is 18.0. The van der Waals surface area contributed by atoms with Crippen molar-refractivity contribution < 1.29 is 27.4 Å². The molecule has 26 heavy (non-hydrogen) atoms. The van der Waals surface area contributed by atoms with Gasteiger partial charge in [-0.2, -0.15) is 0 Å². The molecule has 0 saturated heterocycles. The molecule has 2 heterocycles. The first kappa shape index (κ1) is 17.0. The van der Waals surface area contributed by atoms with E-state index in [1.54, 1.807) is 6.07 Å². The Hall–Kier alpha value is -2.45. The average molecular weight is 377 g/mol. The minimum absolute atomic E-state index is 0.171. The van der Waals surface area contributed by atoms with E-state index in [4.69, 9.17) is 18.9 Å². The van der Waals surface area contributed by atoms with Gasteiger partial charge >= 0.3 is 0 Å². The molecule has 0 saturated carbocycles. The molecule has 0 unspecified atom stereocenters. The van der Waals surface area contributed by atoms with E-state index in [0.29, 0.717) is 37.7 Å². The van der Waals surface area contributed by atoms with Gasteiger partial charge in [0.15, 0.2) is 23.0 Å². The number of rotatable bonds is 6. The highest BCUT2D eigenvalue weighted by molar-refractivity contribution is 7.89. The molecular weight excluding hydrogens is 358 g/mol. The maximum absolute atomic E-state index is 12.4. The standard InChI is InChI=1S/C18H19NO6S/c20-26(21,14-4-6-15-18(11-14)23-9-8-22-15)19-7-1-2-13-3-5-16-17(10-13)25-12-24-16/h3-6,10-11,19H,1-2,7-9,12H2. The van der Waals surface area contributed by atoms with Crippen molar-refractivity contribution in [2.24, 2.45) is 0 Å². The van der Waals surface area contributed by atoms with Gasteiger partial charge in [-0.1, -0.05) is 6.07 Å². The van der Waals surface area contributed by atoms with Crippen LogP contribution in [0.15, 0.2) is 41.3 Å². The molecule has 0 spiro atoms. The molecule has 138 valence electrons. The number of nitrogens with one attached hydrogen (secondary N) is 1. The number of hydrogen-bond donors (Lipinski definition) is 1. The van der Waals surface area contributed by atoms with Gasteiger partial charge < -0.3 is 18.9 Å². The second kappa shape index (κ2) is 7.05. The van der Waals surface area contributed by atoms with Crippen molar-refractivity contribution in [2.45, 2.75) is 17.7 Å². The van der Waals surface area contributed by atoms with Crippen LogP contribution in [0.1, 0.15) is 12.0 Å². The Bertz CT molecular complexity index is 912. The van der Waals surface area contributed by atoms with Gasteiger partial charge in [-0.3, -0.25) is 0 Å². The second-order valence-electron chi connectivity index (χ2n) is 5.99. The third kappa shape index (κ3) is 3.56. The van der Waals surface area contributed by atoms with Crippen LogP contribution in [0.4, 0.5) is 0 Å². The number of benzene rings is 2. The number of sulfonamides is 1. The highest BCUT2D eigenvalue weighted by atomic mass is 32.2. The minimum Gasteiger partial charge on any atom is -0.486 e. The third-order valence-electron chi connectivity index (χ3n) is 4.20. The monoisotopic (exact) mass is 377 g/mol. The number of hydrogen-bond acceptors (Lipinski definition) is 6. The number of aryl methyl sites for hydroxylation is 1. The molecule has 1 N–H and O–H groups in total. The Labute approximate surface area is 151 Å². The Kier molecular flexibility index (Phi) is 4.60. The molecule has 2 aromatic carbocycles. The summed E-state index contributed by atoms with van der Waals surface area (Å²) in [5, 5.41) is 0. The molecule has 2 aromatic rings. The fourth-order valence-corrected chi connectivity index (χ4v) is 3.96. The Balaban J connectivity index is 1.33. The molecule has 0 aliphatic carbocycles. The van der Waals surface area contributed by atoms with E-state index < -0.39 is 10.0 Å². The summed E-state index contributed by atoms with van der Waals surface area (Å²) in [6.07, 6.45) is 1.41. The van der Waals surface area contributed by atoms with Gasteiger partial charge in [-0.25, -0.2) is 13.1 Å². The lowest BCUT2D eigenvalue weighted by molar-refractivity contribution is 0.171. The minimum atomic E-state index is -3.59. The second-order valence-corrected chi connectivity index (χ2v) is 7.76. The maximum Gasteiger partial charge on any atom is 0.240 e. The van der Waals surface area contributed by atoms with E-state index in [1.165, 1.54) is 12.1 Å². The lowest BCUT2D eigenvalue weighted by Gasteiger charge is -2.18. The molecule has 0 radical (unpaired) electrons. The van der Waals surface area contributed by atoms with E-state index in [2.05, 4.69) is 4.72 Å². The van der Waals surface area contributed by atoms with Crippen LogP contribution in [0.3, 0.4) is 0 Å². The Morgan fingerprint density at radius 3 is 2.42 bits per heavy atom. The van der Waals surface area contributed by atoms with Crippen LogP contribution in [0.2, 0.25) is 0 Å². The van der Waals surface area contributed by atoms with Crippen molar-refractivity contribution >= 4 is 10.0 Å². The van der Waals surface area contributed by atoms with E-state index >= 15 is 0 Å². The molecule has 7 nitrogen and oxygen atoms in total. The molecule has 8 heteroatoms. The normalized spacial score (nSPS) is 15.1. The molecular formula is C18H19NO6S. The fraction of sp³-hybridized carbons (Fsp3) is 0.333. The van der Waals surface area contributed by atoms with Crippen molar-refractivity contribution in [3.8, 4) is 23.0 Å². The predicted octanol–water partition coefficient (Wildman–Crippen LogP) is 2.10. The third-order valence-corrected chi connectivity index (χ3v) is 5.65. The van der Waals surface area contributed by atoms with Gasteiger partial charge in [0.25, 0.3) is 0 Å². The number of ether oxygens (including phenoxy) is 4. The van der Waals surface area contributed by atoms with Gasteiger partial charge in [0, 0.05) is 12.6 Å². The molecule has 0 fully saturated rings. The maximum atomic E-state index is 12.4. The first-order valence-corrected chi connectivity index (χ1v) is 9.88. The molecule has 0 aromatic heterocycles. The van der Waals surface area contributed by atoms with Crippen LogP contribution >= 0.6 is 0 Å². The average Bonchev–Trinajstić information content (AvgIpc) is 3.13. The van der Waals surface area contributed by atoms with Gasteiger partial charge in [0.2, 0.25) is 16.8 Å². The molecule has 2 aliphatic heterocycles. The molecule has 0 atom stereocenters. The zero-order valence-electron chi connectivity index (χ0n) is 14.1. The highest BCUT2D eigenvalue weighted by Crippen LogP contribution is 2.33. The molecule has 4 rings (SSSR count). The summed E-state index contributed by atoms with van der Waals surface area (Å²) in [5.74, 6) is 2.50. The highest BCUT2D eigenvalue weighted by Gasteiger charge is 2.19. The van der Waals surface area contributed by atoms with Crippen molar-refractivity contribution in [3.63, 3.8) is 0 Å². The van der Waals surface area contributed by atoms with E-state index in [-0.39, 0.29) is 11.7 Å². The van der Waals surface area contributed by atoms with E-state index in [0.717, 1.165) is 23.5 Å². The van der Waals surface area contributed by atoms with Crippen LogP contribution in [-0.2, 0) is 16.4 Å². The van der Waals surface area contributed by atoms with E-state index in [9.17, 15) is 8.42 Å². The lowest BCUT2D eigenvalue weighted by Crippen LogP contribution is -2.25. The molecule has 0 amide bonds. The first-order chi connectivity index (χ1) is 12.6. The quantitative estimate of drug-likeness (QED) is 0.777. The molecule has 0 bridgehead atoms. The Morgan fingerprint density at radius 1 is 0.846 bits per heavy atom. The van der Waals surface area contributed by atoms with Crippen molar-refractivity contribution in [1.29, 1.82) is 0 Å². The van der Waals surface area contributed by atoms with Gasteiger partial charge in [0.1, 0.15) is 13.2 Å². The van der Waals surface area contributed by atoms with Gasteiger partial charge in [-0.05, 0) is 42.7 Å². The summed E-state index contributed by atoms with van der Waals surface area (Å²) in [7, 11) is -3.59. The van der Waals surface area contributed by atoms with Crippen LogP contribution < -0.4 is 23.7 Å². The fourth-order valence-electron chi connectivity index (χ4n) is 2.87. The molecule has 2 aliphatic rings. The van der Waals surface area contributed by atoms with Crippen LogP contribution in [-0.4, -0.2) is 35.0 Å². The smallest absolute Gasteiger partial charge is 0.240 e. The van der Waals surface area contributed by atoms with Crippen molar-refractivity contribution in [3.05, 3.63) is 42.0 Å². The summed E-state index contributed by atoms with van der Waals surface area (Å²) in [6.45, 7) is 1.47. The first-order valence-electron chi connectivity index (χ1n) is 8.40. The SMILES string of the molecule is O=S(=O)(NCCCc1ccc2c(c1)OCO2)c1ccc2c(c1)OCCO2. The van der Waals surface area contributed by atoms with Gasteiger partial charge in [0.05, 0.1) is 4.90 Å². The van der Waals surface area contributed by atoms with E-state index in [1.807, 2.05) is 18.2 Å². The van der Waals surface area contributed by atoms with Gasteiger partial charge in [-0.15, -0.1) is 0 Å². The zero-order valence-corrected chi connectivity index (χ0v) is 14.9. The van der Waals surface area contributed by atoms with Crippen LogP contribution in [0, 0.1) is 0 Å². The summed E-state index contributed by atoms with van der Waals surface area (Å²) >= 11 is 0. The Morgan fingerprint density at radius 2 is 1.54 bits per heavy atom. The largest absolute Gasteiger partial charge is 0.486 e. The summed E-state index contributed by atoms with van der Waals surface area (Å²) < 4.78 is 49.0. The number of fused-ring (bicyclic) bond motifs is 2. The predicted molar refractivity (Wildman–Crippen MR) is 93.5 cm³/mol. The van der Waals surface area contributed by atoms with Crippen LogP contribution in [0.25, 0.3) is 0 Å². The van der Waals surface area contributed by atoms with Crippen molar-refractivity contribution in [1.82, 2.24) is 4.72 Å². The summed E-state index contributed by atoms with van der Waals surface area (Å²) in [6, 6.07) is 10.4. The van der Waals surface area contributed by atoms with Crippen LogP contribution in [0.5, 0.6) is 23.0 Å².